The molecular formula is C26H25ClN4O4. The van der Waals surface area contributed by atoms with Crippen molar-refractivity contribution >= 4 is 45.1 Å². The minimum atomic E-state index is -0.587. The summed E-state index contributed by atoms with van der Waals surface area (Å²) < 4.78 is 6.89. The standard InChI is InChI=1S/C26H25ClN4O4/c1-26(2,3)35-25(34)30-11-15(12-30)31-13-29-23-19(24(31)33)10-20(28)21(22(23)27)18-9-16(32)8-14-6-4-5-7-17(14)18/h4-10,13,15,32H,11-12,28H2,1-3H3. The van der Waals surface area contributed by atoms with Gasteiger partial charge in [0.15, 0.2) is 0 Å². The van der Waals surface area contributed by atoms with E-state index in [0.29, 0.717) is 40.8 Å². The molecular weight excluding hydrogens is 468 g/mol. The Hall–Kier alpha value is -3.78. The van der Waals surface area contributed by atoms with Crippen LogP contribution in [0, 0.1) is 0 Å². The van der Waals surface area contributed by atoms with Gasteiger partial charge in [-0.05, 0) is 55.3 Å². The van der Waals surface area contributed by atoms with Crippen LogP contribution in [-0.2, 0) is 4.74 Å². The highest BCUT2D eigenvalue weighted by Gasteiger charge is 2.35. The number of fused-ring (bicyclic) bond motifs is 2. The largest absolute Gasteiger partial charge is 0.508 e. The highest BCUT2D eigenvalue weighted by molar-refractivity contribution is 6.39. The molecule has 0 radical (unpaired) electrons. The van der Waals surface area contributed by atoms with Crippen molar-refractivity contribution in [1.82, 2.24) is 14.5 Å². The van der Waals surface area contributed by atoms with Crippen molar-refractivity contribution in [3.63, 3.8) is 0 Å². The van der Waals surface area contributed by atoms with Gasteiger partial charge >= 0.3 is 6.09 Å². The lowest BCUT2D eigenvalue weighted by Crippen LogP contribution is -2.54. The molecule has 3 aromatic carbocycles. The van der Waals surface area contributed by atoms with Gasteiger partial charge in [-0.15, -0.1) is 0 Å². The van der Waals surface area contributed by atoms with E-state index in [-0.39, 0.29) is 22.4 Å². The van der Waals surface area contributed by atoms with Crippen molar-refractivity contribution in [3.05, 3.63) is 64.2 Å². The van der Waals surface area contributed by atoms with Crippen LogP contribution in [0.25, 0.3) is 32.8 Å². The first-order valence-corrected chi connectivity index (χ1v) is 11.6. The van der Waals surface area contributed by atoms with Crippen LogP contribution in [0.5, 0.6) is 5.75 Å². The predicted molar refractivity (Wildman–Crippen MR) is 137 cm³/mol. The molecule has 4 aromatic rings. The average Bonchev–Trinajstić information content (AvgIpc) is 2.73. The van der Waals surface area contributed by atoms with E-state index in [4.69, 9.17) is 22.1 Å². The molecule has 0 bridgehead atoms. The summed E-state index contributed by atoms with van der Waals surface area (Å²) in [7, 11) is 0. The van der Waals surface area contributed by atoms with Gasteiger partial charge in [0, 0.05) is 24.3 Å². The number of likely N-dealkylation sites (tertiary alicyclic amines) is 1. The Bertz CT molecular complexity index is 1550. The Morgan fingerprint density at radius 3 is 2.60 bits per heavy atom. The summed E-state index contributed by atoms with van der Waals surface area (Å²) in [6.07, 6.45) is 1.04. The maximum atomic E-state index is 13.3. The Balaban J connectivity index is 1.54. The van der Waals surface area contributed by atoms with Gasteiger partial charge in [0.05, 0.1) is 28.3 Å². The van der Waals surface area contributed by atoms with Gasteiger partial charge in [-0.1, -0.05) is 35.9 Å². The second kappa shape index (κ2) is 8.16. The number of carbonyl (C=O) groups is 1. The smallest absolute Gasteiger partial charge is 0.410 e. The van der Waals surface area contributed by atoms with E-state index in [1.165, 1.54) is 10.9 Å². The van der Waals surface area contributed by atoms with Crippen LogP contribution in [0.1, 0.15) is 26.8 Å². The number of nitrogen functional groups attached to an aromatic ring is 1. The molecule has 3 N–H and O–H groups in total. The number of hydrogen-bond donors (Lipinski definition) is 2. The van der Waals surface area contributed by atoms with Crippen molar-refractivity contribution in [1.29, 1.82) is 0 Å². The van der Waals surface area contributed by atoms with Crippen LogP contribution in [-0.4, -0.2) is 44.3 Å². The van der Waals surface area contributed by atoms with E-state index in [0.717, 1.165) is 10.8 Å². The molecule has 0 spiro atoms. The zero-order chi connectivity index (χ0) is 25.1. The number of nitrogens with zero attached hydrogens (tertiary/aromatic N) is 3. The summed E-state index contributed by atoms with van der Waals surface area (Å²) in [6.45, 7) is 6.11. The Labute approximate surface area is 206 Å². The third-order valence-electron chi connectivity index (χ3n) is 6.07. The monoisotopic (exact) mass is 492 g/mol. The summed E-state index contributed by atoms with van der Waals surface area (Å²) in [5, 5.41) is 12.5. The fourth-order valence-corrected chi connectivity index (χ4v) is 4.76. The number of carbonyl (C=O) groups excluding carboxylic acids is 1. The Morgan fingerprint density at radius 2 is 1.89 bits per heavy atom. The van der Waals surface area contributed by atoms with E-state index >= 15 is 0 Å². The number of benzene rings is 3. The van der Waals surface area contributed by atoms with Crippen molar-refractivity contribution in [2.45, 2.75) is 32.4 Å². The lowest BCUT2D eigenvalue weighted by atomic mass is 9.95. The van der Waals surface area contributed by atoms with E-state index in [9.17, 15) is 14.7 Å². The van der Waals surface area contributed by atoms with Gasteiger partial charge in [0.25, 0.3) is 5.56 Å². The van der Waals surface area contributed by atoms with Gasteiger partial charge in [0.1, 0.15) is 11.4 Å². The summed E-state index contributed by atoms with van der Waals surface area (Å²) in [4.78, 5) is 31.6. The highest BCUT2D eigenvalue weighted by atomic mass is 35.5. The molecule has 8 nitrogen and oxygen atoms in total. The number of phenolic OH excluding ortho intramolecular Hbond substituents is 1. The van der Waals surface area contributed by atoms with E-state index < -0.39 is 11.7 Å². The molecule has 0 atom stereocenters. The molecule has 1 aliphatic rings. The lowest BCUT2D eigenvalue weighted by Gasteiger charge is -2.40. The molecule has 0 saturated carbocycles. The number of amides is 1. The molecule has 0 aliphatic carbocycles. The normalized spacial score (nSPS) is 14.3. The number of nitrogens with two attached hydrogens (primary N) is 1. The molecule has 1 amide bonds. The summed E-state index contributed by atoms with van der Waals surface area (Å²) in [5.74, 6) is 0.0807. The molecule has 1 saturated heterocycles. The van der Waals surface area contributed by atoms with Crippen LogP contribution in [0.3, 0.4) is 0 Å². The lowest BCUT2D eigenvalue weighted by molar-refractivity contribution is 0.000601. The molecule has 1 aromatic heterocycles. The fourth-order valence-electron chi connectivity index (χ4n) is 4.40. The van der Waals surface area contributed by atoms with Crippen LogP contribution < -0.4 is 11.3 Å². The van der Waals surface area contributed by atoms with Crippen LogP contribution >= 0.6 is 11.6 Å². The van der Waals surface area contributed by atoms with E-state index in [1.54, 1.807) is 23.1 Å². The molecule has 5 rings (SSSR count). The first-order chi connectivity index (χ1) is 16.5. The number of phenols is 1. The quantitative estimate of drug-likeness (QED) is 0.383. The van der Waals surface area contributed by atoms with Crippen LogP contribution in [0.15, 0.2) is 53.6 Å². The van der Waals surface area contributed by atoms with Gasteiger partial charge in [-0.3, -0.25) is 9.36 Å². The van der Waals surface area contributed by atoms with Crippen molar-refractivity contribution < 1.29 is 14.6 Å². The predicted octanol–water partition coefficient (Wildman–Crippen LogP) is 4.95. The number of halogens is 1. The van der Waals surface area contributed by atoms with Gasteiger partial charge in [-0.2, -0.15) is 0 Å². The van der Waals surface area contributed by atoms with Gasteiger partial charge in [0.2, 0.25) is 0 Å². The minimum Gasteiger partial charge on any atom is -0.508 e. The summed E-state index contributed by atoms with van der Waals surface area (Å²) >= 11 is 6.77. The topological polar surface area (TPSA) is 111 Å². The molecule has 2 heterocycles. The number of ether oxygens (including phenoxy) is 1. The summed E-state index contributed by atoms with van der Waals surface area (Å²) in [6, 6.07) is 12.2. The number of rotatable bonds is 2. The fraction of sp³-hybridized carbons (Fsp3) is 0.269. The second-order valence-corrected chi connectivity index (χ2v) is 10.1. The number of aromatic hydroxyl groups is 1. The maximum Gasteiger partial charge on any atom is 0.410 e. The van der Waals surface area contributed by atoms with E-state index in [1.807, 2.05) is 45.0 Å². The van der Waals surface area contributed by atoms with Crippen molar-refractivity contribution in [3.8, 4) is 16.9 Å². The zero-order valence-electron chi connectivity index (χ0n) is 19.6. The van der Waals surface area contributed by atoms with Crippen LogP contribution in [0.4, 0.5) is 10.5 Å². The molecule has 0 unspecified atom stereocenters. The first-order valence-electron chi connectivity index (χ1n) is 11.2. The SMILES string of the molecule is CC(C)(C)OC(=O)N1CC(n2cnc3c(Cl)c(-c4cc(O)cc5ccccc45)c(N)cc3c2=O)C1. The van der Waals surface area contributed by atoms with Crippen LogP contribution in [0.2, 0.25) is 5.02 Å². The summed E-state index contributed by atoms with van der Waals surface area (Å²) in [5.41, 5.74) is 7.33. The first kappa shape index (κ1) is 23.0. The van der Waals surface area contributed by atoms with Crippen molar-refractivity contribution in [2.75, 3.05) is 18.8 Å². The maximum absolute atomic E-state index is 13.3. The third-order valence-corrected chi connectivity index (χ3v) is 6.44. The highest BCUT2D eigenvalue weighted by Crippen LogP contribution is 2.42. The van der Waals surface area contributed by atoms with Gasteiger partial charge < -0.3 is 20.5 Å². The molecule has 1 aliphatic heterocycles. The Kier molecular flexibility index (Phi) is 5.36. The second-order valence-electron chi connectivity index (χ2n) is 9.76. The average molecular weight is 493 g/mol. The number of anilines is 1. The minimum absolute atomic E-state index is 0.0807. The number of hydrogen-bond acceptors (Lipinski definition) is 6. The third kappa shape index (κ3) is 4.04. The number of aromatic nitrogens is 2. The molecule has 180 valence electrons. The van der Waals surface area contributed by atoms with Crippen molar-refractivity contribution in [2.24, 2.45) is 0 Å². The molecule has 9 heteroatoms. The molecule has 35 heavy (non-hydrogen) atoms. The van der Waals surface area contributed by atoms with E-state index in [2.05, 4.69) is 4.98 Å². The zero-order valence-corrected chi connectivity index (χ0v) is 20.3. The Morgan fingerprint density at radius 1 is 1.17 bits per heavy atom. The molecule has 1 fully saturated rings. The van der Waals surface area contributed by atoms with Gasteiger partial charge in [-0.25, -0.2) is 9.78 Å².